The zero-order chi connectivity index (χ0) is 15.0. The third-order valence-corrected chi connectivity index (χ3v) is 5.01. The van der Waals surface area contributed by atoms with Crippen LogP contribution in [0.5, 0.6) is 11.5 Å². The van der Waals surface area contributed by atoms with E-state index in [1.54, 1.807) is 14.2 Å². The zero-order valence-corrected chi connectivity index (χ0v) is 13.5. The standard InChI is InChI=1S/C17H26N2O2/c1-12-10-18-17(2,13-5-6-13)11-19(12)15-9-14(20-3)7-8-16(15)21-4/h7-9,12-13,18H,5-6,10-11H2,1-4H3. The van der Waals surface area contributed by atoms with E-state index < -0.39 is 0 Å². The number of hydrogen-bond donors (Lipinski definition) is 1. The van der Waals surface area contributed by atoms with E-state index in [0.717, 1.165) is 36.2 Å². The largest absolute Gasteiger partial charge is 0.497 e. The highest BCUT2D eigenvalue weighted by molar-refractivity contribution is 5.63. The first-order valence-corrected chi connectivity index (χ1v) is 7.81. The van der Waals surface area contributed by atoms with Crippen molar-refractivity contribution >= 4 is 5.69 Å². The van der Waals surface area contributed by atoms with Crippen LogP contribution in [-0.4, -0.2) is 38.9 Å². The SMILES string of the molecule is COc1ccc(OC)c(N2CC(C)(C3CC3)NCC2C)c1. The molecule has 2 fully saturated rings. The summed E-state index contributed by atoms with van der Waals surface area (Å²) in [6.07, 6.45) is 2.70. The van der Waals surface area contributed by atoms with Crippen LogP contribution in [0.1, 0.15) is 26.7 Å². The fraction of sp³-hybridized carbons (Fsp3) is 0.647. The molecule has 1 N–H and O–H groups in total. The van der Waals surface area contributed by atoms with E-state index in [9.17, 15) is 0 Å². The molecule has 2 atom stereocenters. The maximum Gasteiger partial charge on any atom is 0.142 e. The van der Waals surface area contributed by atoms with E-state index in [4.69, 9.17) is 9.47 Å². The van der Waals surface area contributed by atoms with Crippen molar-refractivity contribution in [1.82, 2.24) is 5.32 Å². The molecule has 0 radical (unpaired) electrons. The topological polar surface area (TPSA) is 33.7 Å². The monoisotopic (exact) mass is 290 g/mol. The highest BCUT2D eigenvalue weighted by Gasteiger charge is 2.45. The summed E-state index contributed by atoms with van der Waals surface area (Å²) >= 11 is 0. The summed E-state index contributed by atoms with van der Waals surface area (Å²) in [5.41, 5.74) is 1.35. The van der Waals surface area contributed by atoms with E-state index in [0.29, 0.717) is 6.04 Å². The molecule has 2 aliphatic rings. The number of piperazine rings is 1. The van der Waals surface area contributed by atoms with Crippen molar-refractivity contribution in [3.63, 3.8) is 0 Å². The maximum atomic E-state index is 5.57. The van der Waals surface area contributed by atoms with Crippen LogP contribution in [0.25, 0.3) is 0 Å². The lowest BCUT2D eigenvalue weighted by Crippen LogP contribution is -2.63. The summed E-state index contributed by atoms with van der Waals surface area (Å²) in [6, 6.07) is 6.48. The van der Waals surface area contributed by atoms with Crippen LogP contribution in [0.4, 0.5) is 5.69 Å². The Morgan fingerprint density at radius 3 is 2.62 bits per heavy atom. The lowest BCUT2D eigenvalue weighted by Gasteiger charge is -2.47. The van der Waals surface area contributed by atoms with Gasteiger partial charge in [-0.3, -0.25) is 0 Å². The van der Waals surface area contributed by atoms with Crippen LogP contribution in [0.15, 0.2) is 18.2 Å². The Hall–Kier alpha value is -1.42. The number of benzene rings is 1. The Balaban J connectivity index is 1.93. The van der Waals surface area contributed by atoms with Gasteiger partial charge in [-0.15, -0.1) is 0 Å². The van der Waals surface area contributed by atoms with Crippen molar-refractivity contribution in [2.75, 3.05) is 32.2 Å². The Kier molecular flexibility index (Phi) is 3.74. The molecule has 1 heterocycles. The fourth-order valence-corrected chi connectivity index (χ4v) is 3.39. The third kappa shape index (κ3) is 2.69. The van der Waals surface area contributed by atoms with Gasteiger partial charge in [0.25, 0.3) is 0 Å². The molecule has 21 heavy (non-hydrogen) atoms. The minimum Gasteiger partial charge on any atom is -0.497 e. The van der Waals surface area contributed by atoms with Crippen molar-refractivity contribution in [2.45, 2.75) is 38.3 Å². The molecular weight excluding hydrogens is 264 g/mol. The van der Waals surface area contributed by atoms with Gasteiger partial charge in [0, 0.05) is 30.7 Å². The smallest absolute Gasteiger partial charge is 0.142 e. The number of nitrogens with zero attached hydrogens (tertiary/aromatic N) is 1. The predicted octanol–water partition coefficient (Wildman–Crippen LogP) is 2.67. The van der Waals surface area contributed by atoms with Gasteiger partial charge in [0.05, 0.1) is 19.9 Å². The summed E-state index contributed by atoms with van der Waals surface area (Å²) in [7, 11) is 3.44. The van der Waals surface area contributed by atoms with Gasteiger partial charge in [-0.25, -0.2) is 0 Å². The van der Waals surface area contributed by atoms with Crippen LogP contribution in [0.2, 0.25) is 0 Å². The van der Waals surface area contributed by atoms with Crippen molar-refractivity contribution in [3.05, 3.63) is 18.2 Å². The van der Waals surface area contributed by atoms with E-state index in [-0.39, 0.29) is 5.54 Å². The van der Waals surface area contributed by atoms with E-state index in [2.05, 4.69) is 30.1 Å². The minimum atomic E-state index is 0.209. The second-order valence-electron chi connectivity index (χ2n) is 6.59. The molecule has 1 aliphatic carbocycles. The molecule has 1 saturated carbocycles. The van der Waals surface area contributed by atoms with Crippen LogP contribution in [0.3, 0.4) is 0 Å². The van der Waals surface area contributed by atoms with Gasteiger partial charge in [-0.2, -0.15) is 0 Å². The van der Waals surface area contributed by atoms with E-state index in [1.807, 2.05) is 12.1 Å². The highest BCUT2D eigenvalue weighted by atomic mass is 16.5. The molecule has 0 spiro atoms. The summed E-state index contributed by atoms with van der Waals surface area (Å²) in [6.45, 7) is 6.64. The first kappa shape index (κ1) is 14.5. The lowest BCUT2D eigenvalue weighted by molar-refractivity contribution is 0.259. The molecule has 1 aliphatic heterocycles. The van der Waals surface area contributed by atoms with Crippen LogP contribution in [0, 0.1) is 5.92 Å². The lowest BCUT2D eigenvalue weighted by atomic mass is 9.90. The van der Waals surface area contributed by atoms with Crippen molar-refractivity contribution in [1.29, 1.82) is 0 Å². The number of nitrogens with one attached hydrogen (secondary N) is 1. The quantitative estimate of drug-likeness (QED) is 0.924. The predicted molar refractivity (Wildman–Crippen MR) is 85.5 cm³/mol. The van der Waals surface area contributed by atoms with E-state index >= 15 is 0 Å². The minimum absolute atomic E-state index is 0.209. The number of hydrogen-bond acceptors (Lipinski definition) is 4. The average Bonchev–Trinajstić information content (AvgIpc) is 3.34. The van der Waals surface area contributed by atoms with Gasteiger partial charge >= 0.3 is 0 Å². The van der Waals surface area contributed by atoms with Gasteiger partial charge in [0.15, 0.2) is 0 Å². The van der Waals surface area contributed by atoms with Crippen molar-refractivity contribution in [3.8, 4) is 11.5 Å². The summed E-state index contributed by atoms with van der Waals surface area (Å²) < 4.78 is 11.0. The van der Waals surface area contributed by atoms with Crippen molar-refractivity contribution < 1.29 is 9.47 Å². The first-order valence-electron chi connectivity index (χ1n) is 7.81. The number of methoxy groups -OCH3 is 2. The molecule has 0 amide bonds. The van der Waals surface area contributed by atoms with Gasteiger partial charge in [0.2, 0.25) is 0 Å². The summed E-state index contributed by atoms with van der Waals surface area (Å²) in [5.74, 6) is 2.61. The molecule has 1 saturated heterocycles. The zero-order valence-electron chi connectivity index (χ0n) is 13.5. The fourth-order valence-electron chi connectivity index (χ4n) is 3.39. The molecular formula is C17H26N2O2. The summed E-state index contributed by atoms with van der Waals surface area (Å²) in [5, 5.41) is 3.76. The van der Waals surface area contributed by atoms with Gasteiger partial charge in [0.1, 0.15) is 11.5 Å². The second kappa shape index (κ2) is 5.41. The van der Waals surface area contributed by atoms with Gasteiger partial charge in [-0.05, 0) is 44.7 Å². The molecule has 4 heteroatoms. The Labute approximate surface area is 127 Å². The molecule has 1 aromatic carbocycles. The number of ether oxygens (including phenoxy) is 2. The summed E-state index contributed by atoms with van der Waals surface area (Å²) in [4.78, 5) is 2.47. The highest BCUT2D eigenvalue weighted by Crippen LogP contribution is 2.43. The average molecular weight is 290 g/mol. The van der Waals surface area contributed by atoms with Crippen LogP contribution in [-0.2, 0) is 0 Å². The molecule has 0 aromatic heterocycles. The van der Waals surface area contributed by atoms with Gasteiger partial charge in [-0.1, -0.05) is 0 Å². The van der Waals surface area contributed by atoms with E-state index in [1.165, 1.54) is 12.8 Å². The molecule has 0 bridgehead atoms. The molecule has 4 nitrogen and oxygen atoms in total. The first-order chi connectivity index (χ1) is 10.1. The number of anilines is 1. The van der Waals surface area contributed by atoms with Gasteiger partial charge < -0.3 is 19.7 Å². The normalized spacial score (nSPS) is 29.3. The third-order valence-electron chi connectivity index (χ3n) is 5.01. The van der Waals surface area contributed by atoms with Crippen LogP contribution >= 0.6 is 0 Å². The maximum absolute atomic E-state index is 5.57. The van der Waals surface area contributed by atoms with Crippen molar-refractivity contribution in [2.24, 2.45) is 5.92 Å². The Morgan fingerprint density at radius 1 is 1.24 bits per heavy atom. The van der Waals surface area contributed by atoms with Crippen LogP contribution < -0.4 is 19.7 Å². The molecule has 1 aromatic rings. The molecule has 2 unspecified atom stereocenters. The number of rotatable bonds is 4. The second-order valence-corrected chi connectivity index (χ2v) is 6.59. The molecule has 116 valence electrons. The Morgan fingerprint density at radius 2 is 2.00 bits per heavy atom. The molecule has 3 rings (SSSR count). The Bertz CT molecular complexity index is 516.